The molecule has 7 heteroatoms. The number of thiocarbonyl (C=S) groups is 1. The van der Waals surface area contributed by atoms with Gasteiger partial charge in [0, 0.05) is 47.7 Å². The van der Waals surface area contributed by atoms with E-state index in [0.29, 0.717) is 24.1 Å². The minimum atomic E-state index is -0.0806. The van der Waals surface area contributed by atoms with Gasteiger partial charge in [0.25, 0.3) is 0 Å². The molecule has 2 aromatic carbocycles. The van der Waals surface area contributed by atoms with Crippen molar-refractivity contribution in [1.82, 2.24) is 19.8 Å². The van der Waals surface area contributed by atoms with Gasteiger partial charge in [-0.1, -0.05) is 42.5 Å². The molecule has 6 nitrogen and oxygen atoms in total. The smallest absolute Gasteiger partial charge is 0.226 e. The van der Waals surface area contributed by atoms with Gasteiger partial charge < -0.3 is 20.1 Å². The summed E-state index contributed by atoms with van der Waals surface area (Å²) < 4.78 is 2.47. The van der Waals surface area contributed by atoms with Gasteiger partial charge in [-0.3, -0.25) is 9.78 Å². The Kier molecular flexibility index (Phi) is 6.16. The van der Waals surface area contributed by atoms with Crippen LogP contribution in [0, 0.1) is 13.8 Å². The van der Waals surface area contributed by atoms with Crippen LogP contribution >= 0.6 is 12.2 Å². The van der Waals surface area contributed by atoms with Gasteiger partial charge in [-0.05, 0) is 74.1 Å². The van der Waals surface area contributed by atoms with E-state index in [1.165, 1.54) is 29.8 Å². The van der Waals surface area contributed by atoms with Crippen LogP contribution in [0.4, 0.5) is 5.69 Å². The fraction of sp³-hybridized carbons (Fsp3) is 0.300. The number of nitrogens with one attached hydrogen (secondary N) is 2. The average molecular weight is 510 g/mol. The molecule has 1 saturated carbocycles. The molecule has 6 rings (SSSR count). The molecule has 0 spiro atoms. The number of nitrogens with zero attached hydrogens (tertiary/aromatic N) is 3. The molecular weight excluding hydrogens is 478 g/mol. The number of aromatic nitrogens is 2. The van der Waals surface area contributed by atoms with Crippen molar-refractivity contribution in [2.45, 2.75) is 51.2 Å². The second kappa shape index (κ2) is 9.63. The van der Waals surface area contributed by atoms with Crippen LogP contribution < -0.4 is 10.6 Å². The number of pyridine rings is 1. The Morgan fingerprint density at radius 2 is 1.86 bits per heavy atom. The fourth-order valence-electron chi connectivity index (χ4n) is 5.75. The third-order valence-corrected chi connectivity index (χ3v) is 7.95. The van der Waals surface area contributed by atoms with Crippen molar-refractivity contribution in [3.05, 3.63) is 95.6 Å². The van der Waals surface area contributed by atoms with Gasteiger partial charge in [0.05, 0.1) is 17.8 Å². The molecule has 1 aliphatic heterocycles. The lowest BCUT2D eigenvalue weighted by atomic mass is 9.96. The Labute approximate surface area is 222 Å². The molecule has 4 aromatic rings. The summed E-state index contributed by atoms with van der Waals surface area (Å²) in [5.74, 6) is -0.0253. The first-order chi connectivity index (χ1) is 18.0. The van der Waals surface area contributed by atoms with Crippen molar-refractivity contribution in [2.75, 3.05) is 11.9 Å². The van der Waals surface area contributed by atoms with E-state index in [-0.39, 0.29) is 18.0 Å². The second-order valence-corrected chi connectivity index (χ2v) is 10.5. The lowest BCUT2D eigenvalue weighted by Gasteiger charge is -2.28. The average Bonchev–Trinajstić information content (AvgIpc) is 3.62. The maximum absolute atomic E-state index is 13.1. The lowest BCUT2D eigenvalue weighted by Crippen LogP contribution is -2.33. The van der Waals surface area contributed by atoms with E-state index in [9.17, 15) is 4.79 Å². The van der Waals surface area contributed by atoms with Gasteiger partial charge in [0.15, 0.2) is 5.11 Å². The van der Waals surface area contributed by atoms with Crippen molar-refractivity contribution in [1.29, 1.82) is 0 Å². The normalized spacial score (nSPS) is 19.3. The van der Waals surface area contributed by atoms with E-state index >= 15 is 0 Å². The van der Waals surface area contributed by atoms with E-state index in [2.05, 4.69) is 57.1 Å². The largest absolute Gasteiger partial charge is 0.352 e. The number of fused-ring (bicyclic) bond motifs is 1. The zero-order chi connectivity index (χ0) is 25.5. The monoisotopic (exact) mass is 509 g/mol. The second-order valence-electron chi connectivity index (χ2n) is 10.1. The first-order valence-corrected chi connectivity index (χ1v) is 13.4. The van der Waals surface area contributed by atoms with Crippen LogP contribution in [0.15, 0.2) is 72.9 Å². The Hall–Kier alpha value is -3.71. The quantitative estimate of drug-likeness (QED) is 0.300. The molecule has 1 aliphatic carbocycles. The fourth-order valence-corrected chi connectivity index (χ4v) is 6.08. The number of aryl methyl sites for hydroxylation is 1. The Bertz CT molecular complexity index is 1470. The lowest BCUT2D eigenvalue weighted by molar-refractivity contribution is -0.116. The molecule has 2 aromatic heterocycles. The van der Waals surface area contributed by atoms with Gasteiger partial charge in [0.2, 0.25) is 5.91 Å². The van der Waals surface area contributed by atoms with Crippen LogP contribution in [0.3, 0.4) is 0 Å². The molecule has 37 heavy (non-hydrogen) atoms. The summed E-state index contributed by atoms with van der Waals surface area (Å²) in [4.78, 5) is 20.0. The van der Waals surface area contributed by atoms with Crippen LogP contribution in [0.5, 0.6) is 0 Å². The standard InChI is InChI=1S/C30H31N5OS/c1-19-18-24(20(2)35(19)22-13-14-22)29-28(26-11-5-6-16-31-26)33-30(37)34(29)17-15-27(36)32-25-12-7-9-21-8-3-4-10-23(21)25/h3-12,16,18,22,28-29H,13-15,17H2,1-2H3,(H,32,36)(H,33,37). The van der Waals surface area contributed by atoms with Crippen LogP contribution in [-0.2, 0) is 4.79 Å². The number of hydrogen-bond acceptors (Lipinski definition) is 3. The highest BCUT2D eigenvalue weighted by atomic mass is 32.1. The highest BCUT2D eigenvalue weighted by Crippen LogP contribution is 2.44. The van der Waals surface area contributed by atoms with E-state index < -0.39 is 0 Å². The molecule has 2 fully saturated rings. The molecule has 2 atom stereocenters. The number of anilines is 1. The highest BCUT2D eigenvalue weighted by molar-refractivity contribution is 7.80. The summed E-state index contributed by atoms with van der Waals surface area (Å²) in [6, 6.07) is 22.8. The van der Waals surface area contributed by atoms with Crippen molar-refractivity contribution < 1.29 is 4.79 Å². The number of benzene rings is 2. The first-order valence-electron chi connectivity index (χ1n) is 13.0. The highest BCUT2D eigenvalue weighted by Gasteiger charge is 2.42. The van der Waals surface area contributed by atoms with E-state index in [4.69, 9.17) is 12.2 Å². The van der Waals surface area contributed by atoms with E-state index in [0.717, 1.165) is 22.2 Å². The molecular formula is C30H31N5OS. The molecule has 0 bridgehead atoms. The van der Waals surface area contributed by atoms with Gasteiger partial charge in [-0.25, -0.2) is 0 Å². The number of amides is 1. The van der Waals surface area contributed by atoms with E-state index in [1.807, 2.05) is 54.7 Å². The predicted molar refractivity (Wildman–Crippen MR) is 152 cm³/mol. The van der Waals surface area contributed by atoms with Crippen LogP contribution in [0.25, 0.3) is 10.8 Å². The van der Waals surface area contributed by atoms with Crippen molar-refractivity contribution in [3.8, 4) is 0 Å². The SMILES string of the molecule is Cc1cc(C2C(c3ccccn3)NC(=S)N2CCC(=O)Nc2cccc3ccccc23)c(C)n1C1CC1. The summed E-state index contributed by atoms with van der Waals surface area (Å²) in [6.45, 7) is 4.92. The minimum Gasteiger partial charge on any atom is -0.352 e. The third kappa shape index (κ3) is 4.48. The van der Waals surface area contributed by atoms with Crippen LogP contribution in [0.1, 0.15) is 60.0 Å². The summed E-state index contributed by atoms with van der Waals surface area (Å²) in [5.41, 5.74) is 5.60. The zero-order valence-corrected chi connectivity index (χ0v) is 22.0. The number of carbonyl (C=O) groups is 1. The Balaban J connectivity index is 1.27. The maximum atomic E-state index is 13.1. The summed E-state index contributed by atoms with van der Waals surface area (Å²) >= 11 is 5.83. The minimum absolute atomic E-state index is 0.0253. The van der Waals surface area contributed by atoms with Gasteiger partial charge in [-0.2, -0.15) is 0 Å². The van der Waals surface area contributed by atoms with E-state index in [1.54, 1.807) is 0 Å². The number of hydrogen-bond donors (Lipinski definition) is 2. The molecule has 188 valence electrons. The Morgan fingerprint density at radius 1 is 1.08 bits per heavy atom. The third-order valence-electron chi connectivity index (χ3n) is 7.60. The molecule has 3 heterocycles. The molecule has 1 amide bonds. The summed E-state index contributed by atoms with van der Waals surface area (Å²) in [7, 11) is 0. The summed E-state index contributed by atoms with van der Waals surface area (Å²) in [5, 5.41) is 9.45. The topological polar surface area (TPSA) is 62.2 Å². The Morgan fingerprint density at radius 3 is 2.65 bits per heavy atom. The van der Waals surface area contributed by atoms with Crippen molar-refractivity contribution in [3.63, 3.8) is 0 Å². The van der Waals surface area contributed by atoms with Crippen molar-refractivity contribution in [2.24, 2.45) is 0 Å². The first kappa shape index (κ1) is 23.7. The molecule has 1 saturated heterocycles. The number of carbonyl (C=O) groups excluding carboxylic acids is 1. The summed E-state index contributed by atoms with van der Waals surface area (Å²) in [6.07, 6.45) is 4.63. The maximum Gasteiger partial charge on any atom is 0.226 e. The molecule has 0 radical (unpaired) electrons. The number of rotatable bonds is 7. The van der Waals surface area contributed by atoms with Gasteiger partial charge in [0.1, 0.15) is 0 Å². The molecule has 2 unspecified atom stereocenters. The van der Waals surface area contributed by atoms with Crippen LogP contribution in [0.2, 0.25) is 0 Å². The zero-order valence-electron chi connectivity index (χ0n) is 21.1. The predicted octanol–water partition coefficient (Wildman–Crippen LogP) is 5.99. The van der Waals surface area contributed by atoms with Gasteiger partial charge >= 0.3 is 0 Å². The van der Waals surface area contributed by atoms with Crippen molar-refractivity contribution >= 4 is 39.7 Å². The molecule has 2 N–H and O–H groups in total. The van der Waals surface area contributed by atoms with Gasteiger partial charge in [-0.15, -0.1) is 0 Å². The molecule has 2 aliphatic rings. The van der Waals surface area contributed by atoms with Crippen LogP contribution in [-0.4, -0.2) is 32.0 Å².